The number of nitrogens with zero attached hydrogens (tertiary/aromatic N) is 1. The molecule has 0 bridgehead atoms. The minimum absolute atomic E-state index is 0.0929. The summed E-state index contributed by atoms with van der Waals surface area (Å²) in [6.45, 7) is 0. The van der Waals surface area contributed by atoms with Gasteiger partial charge in [-0.15, -0.1) is 0 Å². The van der Waals surface area contributed by atoms with Gasteiger partial charge in [0.25, 0.3) is 9.58 Å². The Balaban J connectivity index is 2.20. The van der Waals surface area contributed by atoms with Gasteiger partial charge >= 0.3 is 0 Å². The van der Waals surface area contributed by atoms with E-state index in [-0.39, 0.29) is 12.2 Å². The van der Waals surface area contributed by atoms with Gasteiger partial charge in [-0.1, -0.05) is 88.9 Å². The number of halogens is 4. The van der Waals surface area contributed by atoms with Crippen LogP contribution in [0.2, 0.25) is 5.02 Å². The Morgan fingerprint density at radius 1 is 1.08 bits per heavy atom. The fourth-order valence-electron chi connectivity index (χ4n) is 2.89. The number of alkyl halides is 3. The van der Waals surface area contributed by atoms with E-state index in [9.17, 15) is 10.4 Å². The Kier molecular flexibility index (Phi) is 5.44. The maximum atomic E-state index is 11.0. The number of allylic oxidation sites excluding steroid dienone is 1. The summed E-state index contributed by atoms with van der Waals surface area (Å²) in [5, 5.41) is 21.3. The zero-order valence-corrected chi connectivity index (χ0v) is 16.3. The summed E-state index contributed by atoms with van der Waals surface area (Å²) >= 11 is 24.0. The van der Waals surface area contributed by atoms with Gasteiger partial charge in [-0.2, -0.15) is 5.26 Å². The maximum absolute atomic E-state index is 11.0. The monoisotopic (exact) mass is 427 g/mol. The first-order valence-electron chi connectivity index (χ1n) is 7.68. The van der Waals surface area contributed by atoms with Crippen molar-refractivity contribution in [2.75, 3.05) is 0 Å². The molecule has 0 amide bonds. The van der Waals surface area contributed by atoms with E-state index in [0.717, 1.165) is 5.56 Å². The number of aliphatic hydroxyl groups is 1. The van der Waals surface area contributed by atoms with Crippen LogP contribution in [0.5, 0.6) is 0 Å². The zero-order chi connectivity index (χ0) is 18.9. The molecule has 2 atom stereocenters. The van der Waals surface area contributed by atoms with Gasteiger partial charge in [-0.3, -0.25) is 0 Å². The van der Waals surface area contributed by atoms with E-state index in [0.29, 0.717) is 16.2 Å². The molecule has 0 fully saturated rings. The first-order chi connectivity index (χ1) is 12.2. The van der Waals surface area contributed by atoms with Crippen LogP contribution >= 0.6 is 46.4 Å². The molecule has 7 heteroatoms. The molecule has 1 N–H and O–H groups in total. The van der Waals surface area contributed by atoms with Crippen molar-refractivity contribution >= 4 is 52.2 Å². The predicted octanol–water partition coefficient (Wildman–Crippen LogP) is 5.84. The third-order valence-corrected chi connectivity index (χ3v) is 5.35. The predicted molar refractivity (Wildman–Crippen MR) is 104 cm³/mol. The standard InChI is InChI=1S/C19H13Cl4NO2/c20-14-8-6-12(7-9-14)15-10-18(25,19(21,22)23)26-17(16(15)11-24)13-4-2-1-3-5-13/h1-9,15,25H,10H2/t15-,18+/m1/s1. The Labute approximate surface area is 171 Å². The van der Waals surface area contributed by atoms with Crippen molar-refractivity contribution in [1.82, 2.24) is 0 Å². The largest absolute Gasteiger partial charge is 0.456 e. The van der Waals surface area contributed by atoms with Gasteiger partial charge in [0, 0.05) is 22.9 Å². The Hall–Kier alpha value is -1.41. The van der Waals surface area contributed by atoms with Crippen LogP contribution in [0.3, 0.4) is 0 Å². The highest BCUT2D eigenvalue weighted by Gasteiger charge is 2.55. The molecule has 1 aliphatic heterocycles. The molecule has 0 radical (unpaired) electrons. The fraction of sp³-hybridized carbons (Fsp3) is 0.211. The summed E-state index contributed by atoms with van der Waals surface area (Å²) in [5.41, 5.74) is 1.71. The number of benzene rings is 2. The molecule has 1 aliphatic rings. The van der Waals surface area contributed by atoms with Crippen molar-refractivity contribution in [3.63, 3.8) is 0 Å². The molecular weight excluding hydrogens is 416 g/mol. The van der Waals surface area contributed by atoms with Crippen molar-refractivity contribution in [2.45, 2.75) is 21.9 Å². The van der Waals surface area contributed by atoms with Gasteiger partial charge in [-0.25, -0.2) is 0 Å². The summed E-state index contributed by atoms with van der Waals surface area (Å²) in [6, 6.07) is 18.1. The van der Waals surface area contributed by atoms with Crippen LogP contribution in [-0.2, 0) is 4.74 Å². The summed E-state index contributed by atoms with van der Waals surface area (Å²) < 4.78 is 3.58. The molecule has 1 heterocycles. The molecule has 2 aromatic carbocycles. The highest BCUT2D eigenvalue weighted by atomic mass is 35.6. The molecule has 2 aromatic rings. The molecule has 0 saturated heterocycles. The summed E-state index contributed by atoms with van der Waals surface area (Å²) in [7, 11) is 0. The summed E-state index contributed by atoms with van der Waals surface area (Å²) in [5.74, 6) is -2.44. The van der Waals surface area contributed by atoms with E-state index in [2.05, 4.69) is 6.07 Å². The lowest BCUT2D eigenvalue weighted by Crippen LogP contribution is -2.48. The van der Waals surface area contributed by atoms with Crippen LogP contribution in [0.25, 0.3) is 5.76 Å². The number of nitriles is 1. The fourth-order valence-corrected chi connectivity index (χ4v) is 3.36. The van der Waals surface area contributed by atoms with Crippen molar-refractivity contribution < 1.29 is 9.84 Å². The maximum Gasteiger partial charge on any atom is 0.256 e. The van der Waals surface area contributed by atoms with E-state index >= 15 is 0 Å². The SMILES string of the molecule is N#CC1=C(c2ccccc2)O[C@](O)(C(Cl)(Cl)Cl)C[C@@H]1c1ccc(Cl)cc1. The quantitative estimate of drug-likeness (QED) is 0.611. The van der Waals surface area contributed by atoms with Crippen LogP contribution in [0.15, 0.2) is 60.2 Å². The van der Waals surface area contributed by atoms with Gasteiger partial charge in [-0.05, 0) is 17.7 Å². The van der Waals surface area contributed by atoms with Gasteiger partial charge in [0.05, 0.1) is 11.6 Å². The highest BCUT2D eigenvalue weighted by molar-refractivity contribution is 6.68. The normalized spacial score (nSPS) is 23.3. The van der Waals surface area contributed by atoms with Gasteiger partial charge in [0.1, 0.15) is 5.76 Å². The number of rotatable bonds is 2. The second-order valence-corrected chi connectivity index (χ2v) is 8.63. The summed E-state index contributed by atoms with van der Waals surface area (Å²) in [4.78, 5) is 0. The molecule has 3 rings (SSSR count). The third-order valence-electron chi connectivity index (χ3n) is 4.22. The minimum atomic E-state index is -2.11. The summed E-state index contributed by atoms with van der Waals surface area (Å²) in [6.07, 6.45) is -0.0929. The Morgan fingerprint density at radius 2 is 1.69 bits per heavy atom. The number of hydrogen-bond acceptors (Lipinski definition) is 3. The topological polar surface area (TPSA) is 53.2 Å². The van der Waals surface area contributed by atoms with E-state index < -0.39 is 15.5 Å². The first-order valence-corrected chi connectivity index (χ1v) is 9.19. The lowest BCUT2D eigenvalue weighted by Gasteiger charge is -2.42. The molecular formula is C19H13Cl4NO2. The van der Waals surface area contributed by atoms with Gasteiger partial charge in [0.15, 0.2) is 0 Å². The number of hydrogen-bond donors (Lipinski definition) is 1. The Morgan fingerprint density at radius 3 is 2.23 bits per heavy atom. The second kappa shape index (κ2) is 7.31. The molecule has 26 heavy (non-hydrogen) atoms. The van der Waals surface area contributed by atoms with Crippen molar-refractivity contribution in [1.29, 1.82) is 5.26 Å². The van der Waals surface area contributed by atoms with Crippen LogP contribution in [-0.4, -0.2) is 14.7 Å². The molecule has 0 saturated carbocycles. The van der Waals surface area contributed by atoms with Crippen LogP contribution in [0.4, 0.5) is 0 Å². The Bertz CT molecular complexity index is 869. The van der Waals surface area contributed by atoms with Crippen LogP contribution in [0.1, 0.15) is 23.5 Å². The van der Waals surface area contributed by atoms with E-state index in [1.807, 2.05) is 6.07 Å². The first kappa shape index (κ1) is 19.4. The lowest BCUT2D eigenvalue weighted by atomic mass is 9.82. The lowest BCUT2D eigenvalue weighted by molar-refractivity contribution is -0.166. The second-order valence-electron chi connectivity index (χ2n) is 5.91. The van der Waals surface area contributed by atoms with Gasteiger partial charge in [0.2, 0.25) is 0 Å². The average Bonchev–Trinajstić information content (AvgIpc) is 2.61. The number of ether oxygens (including phenoxy) is 1. The zero-order valence-electron chi connectivity index (χ0n) is 13.3. The smallest absolute Gasteiger partial charge is 0.256 e. The highest BCUT2D eigenvalue weighted by Crippen LogP contribution is 2.52. The molecule has 0 unspecified atom stereocenters. The molecule has 0 aromatic heterocycles. The van der Waals surface area contributed by atoms with Crippen molar-refractivity contribution in [2.24, 2.45) is 0 Å². The molecule has 0 spiro atoms. The van der Waals surface area contributed by atoms with Gasteiger partial charge < -0.3 is 9.84 Å². The molecule has 0 aliphatic carbocycles. The van der Waals surface area contributed by atoms with E-state index in [1.165, 1.54) is 0 Å². The molecule has 134 valence electrons. The average molecular weight is 429 g/mol. The van der Waals surface area contributed by atoms with Crippen LogP contribution in [0, 0.1) is 11.3 Å². The van der Waals surface area contributed by atoms with Crippen molar-refractivity contribution in [3.05, 3.63) is 76.3 Å². The van der Waals surface area contributed by atoms with E-state index in [1.54, 1.807) is 48.5 Å². The van der Waals surface area contributed by atoms with E-state index in [4.69, 9.17) is 51.1 Å². The minimum Gasteiger partial charge on any atom is -0.456 e. The molecule has 3 nitrogen and oxygen atoms in total. The van der Waals surface area contributed by atoms with Crippen LogP contribution < -0.4 is 0 Å². The third kappa shape index (κ3) is 3.67. The van der Waals surface area contributed by atoms with Crippen molar-refractivity contribution in [3.8, 4) is 6.07 Å².